The fourth-order valence-corrected chi connectivity index (χ4v) is 2.74. The third-order valence-electron chi connectivity index (χ3n) is 3.96. The molecule has 1 saturated heterocycles. The molecule has 1 N–H and O–H groups in total. The minimum Gasteiger partial charge on any atom is -0.594 e. The molecule has 22 heavy (non-hydrogen) atoms. The normalized spacial score (nSPS) is 15.9. The maximum atomic E-state index is 11.9. The second-order valence-corrected chi connectivity index (χ2v) is 5.49. The molecule has 7 heteroatoms. The minimum absolute atomic E-state index is 0.354. The topological polar surface area (TPSA) is 77.2 Å². The van der Waals surface area contributed by atoms with Gasteiger partial charge in [0.05, 0.1) is 12.2 Å². The van der Waals surface area contributed by atoms with Crippen LogP contribution in [0.2, 0.25) is 0 Å². The van der Waals surface area contributed by atoms with Crippen LogP contribution < -0.4 is 14.9 Å². The van der Waals surface area contributed by atoms with Gasteiger partial charge in [0.25, 0.3) is 11.5 Å². The van der Waals surface area contributed by atoms with Crippen LogP contribution in [0.15, 0.2) is 18.2 Å². The van der Waals surface area contributed by atoms with Crippen molar-refractivity contribution >= 4 is 17.0 Å². The van der Waals surface area contributed by atoms with Crippen molar-refractivity contribution < 1.29 is 9.58 Å². The SMILES string of the molecule is COc1ccc2c(c1)nc(NCCN1CCCCC1)n[n+]2[O-]. The molecule has 3 rings (SSSR count). The van der Waals surface area contributed by atoms with E-state index >= 15 is 0 Å². The first-order valence-electron chi connectivity index (χ1n) is 7.68. The molecule has 2 heterocycles. The number of nitrogens with one attached hydrogen (secondary N) is 1. The Morgan fingerprint density at radius 2 is 2.14 bits per heavy atom. The summed E-state index contributed by atoms with van der Waals surface area (Å²) in [6, 6.07) is 5.13. The number of methoxy groups -OCH3 is 1. The Hall–Kier alpha value is -2.15. The summed E-state index contributed by atoms with van der Waals surface area (Å²) >= 11 is 0. The van der Waals surface area contributed by atoms with Crippen LogP contribution in [0, 0.1) is 5.21 Å². The molecule has 1 fully saturated rings. The molecule has 0 unspecified atom stereocenters. The zero-order chi connectivity index (χ0) is 15.4. The molecule has 2 aromatic rings. The highest BCUT2D eigenvalue weighted by Gasteiger charge is 2.13. The first-order chi connectivity index (χ1) is 10.8. The molecule has 118 valence electrons. The highest BCUT2D eigenvalue weighted by atomic mass is 16.5. The summed E-state index contributed by atoms with van der Waals surface area (Å²) in [5.41, 5.74) is 1.01. The van der Waals surface area contributed by atoms with E-state index in [0.717, 1.165) is 26.2 Å². The summed E-state index contributed by atoms with van der Waals surface area (Å²) in [4.78, 5) is 7.41. The van der Waals surface area contributed by atoms with Crippen LogP contribution in [0.4, 0.5) is 5.95 Å². The van der Waals surface area contributed by atoms with Crippen molar-refractivity contribution in [2.24, 2.45) is 0 Å². The molecule has 0 spiro atoms. The van der Waals surface area contributed by atoms with Crippen LogP contribution in [0.1, 0.15) is 19.3 Å². The molecule has 1 aliphatic rings. The summed E-state index contributed by atoms with van der Waals surface area (Å²) in [6.07, 6.45) is 3.87. The van der Waals surface area contributed by atoms with Crippen molar-refractivity contribution in [2.45, 2.75) is 19.3 Å². The van der Waals surface area contributed by atoms with E-state index in [-0.39, 0.29) is 0 Å². The van der Waals surface area contributed by atoms with Crippen molar-refractivity contribution in [2.75, 3.05) is 38.6 Å². The molecular weight excluding hydrogens is 282 g/mol. The Bertz CT molecular complexity index is 643. The van der Waals surface area contributed by atoms with Gasteiger partial charge in [0.15, 0.2) is 0 Å². The number of fused-ring (bicyclic) bond motifs is 1. The number of hydrogen-bond acceptors (Lipinski definition) is 6. The Morgan fingerprint density at radius 1 is 1.32 bits per heavy atom. The van der Waals surface area contributed by atoms with Gasteiger partial charge in [-0.1, -0.05) is 6.42 Å². The largest absolute Gasteiger partial charge is 0.594 e. The van der Waals surface area contributed by atoms with Gasteiger partial charge in [0, 0.05) is 25.2 Å². The van der Waals surface area contributed by atoms with E-state index in [4.69, 9.17) is 4.74 Å². The molecule has 0 bridgehead atoms. The summed E-state index contributed by atoms with van der Waals surface area (Å²) < 4.78 is 5.16. The summed E-state index contributed by atoms with van der Waals surface area (Å²) in [6.45, 7) is 3.98. The van der Waals surface area contributed by atoms with E-state index in [9.17, 15) is 5.21 Å². The lowest BCUT2D eigenvalue weighted by Crippen LogP contribution is -2.36. The van der Waals surface area contributed by atoms with Gasteiger partial charge in [-0.3, -0.25) is 0 Å². The van der Waals surface area contributed by atoms with Gasteiger partial charge in [-0.2, -0.15) is 0 Å². The summed E-state index contributed by atoms with van der Waals surface area (Å²) in [5, 5.41) is 19.0. The zero-order valence-corrected chi connectivity index (χ0v) is 12.8. The lowest BCUT2D eigenvalue weighted by atomic mass is 10.1. The Morgan fingerprint density at radius 3 is 2.91 bits per heavy atom. The van der Waals surface area contributed by atoms with Gasteiger partial charge in [-0.25, -0.2) is 4.98 Å². The first-order valence-corrected chi connectivity index (χ1v) is 7.68. The van der Waals surface area contributed by atoms with E-state index in [2.05, 4.69) is 20.3 Å². The summed E-state index contributed by atoms with van der Waals surface area (Å²) in [7, 11) is 1.59. The third-order valence-corrected chi connectivity index (χ3v) is 3.96. The molecule has 0 aliphatic carbocycles. The Kier molecular flexibility index (Phi) is 4.53. The first kappa shape index (κ1) is 14.8. The number of nitrogens with zero attached hydrogens (tertiary/aromatic N) is 4. The monoisotopic (exact) mass is 303 g/mol. The van der Waals surface area contributed by atoms with Gasteiger partial charge >= 0.3 is 0 Å². The number of ether oxygens (including phenoxy) is 1. The Labute approximate surface area is 129 Å². The predicted molar refractivity (Wildman–Crippen MR) is 83.8 cm³/mol. The number of aromatic nitrogens is 3. The van der Waals surface area contributed by atoms with Crippen molar-refractivity contribution in [1.29, 1.82) is 0 Å². The van der Waals surface area contributed by atoms with Crippen molar-refractivity contribution in [3.8, 4) is 5.75 Å². The fraction of sp³-hybridized carbons (Fsp3) is 0.533. The number of benzene rings is 1. The quantitative estimate of drug-likeness (QED) is 0.660. The lowest BCUT2D eigenvalue weighted by molar-refractivity contribution is -0.641. The molecule has 7 nitrogen and oxygen atoms in total. The highest BCUT2D eigenvalue weighted by Crippen LogP contribution is 2.16. The smallest absolute Gasteiger partial charge is 0.290 e. The maximum Gasteiger partial charge on any atom is 0.290 e. The molecule has 0 amide bonds. The van der Waals surface area contributed by atoms with Crippen LogP contribution in [-0.2, 0) is 0 Å². The molecule has 0 radical (unpaired) electrons. The van der Waals surface area contributed by atoms with Gasteiger partial charge in [0.2, 0.25) is 0 Å². The number of likely N-dealkylation sites (tertiary alicyclic amines) is 1. The maximum absolute atomic E-state index is 11.9. The van der Waals surface area contributed by atoms with Crippen LogP contribution in [-0.4, -0.2) is 48.3 Å². The number of rotatable bonds is 5. The molecule has 0 atom stereocenters. The average molecular weight is 303 g/mol. The second kappa shape index (κ2) is 6.74. The van der Waals surface area contributed by atoms with Crippen LogP contribution in [0.5, 0.6) is 5.75 Å². The zero-order valence-electron chi connectivity index (χ0n) is 12.8. The van der Waals surface area contributed by atoms with Gasteiger partial charge in [-0.15, -0.1) is 0 Å². The molecule has 1 aromatic carbocycles. The van der Waals surface area contributed by atoms with Crippen molar-refractivity contribution in [1.82, 2.24) is 15.0 Å². The molecule has 1 aliphatic heterocycles. The molecular formula is C15H21N5O2. The van der Waals surface area contributed by atoms with E-state index in [0.29, 0.717) is 27.6 Å². The minimum atomic E-state index is 0.354. The summed E-state index contributed by atoms with van der Waals surface area (Å²) in [5.74, 6) is 1.03. The van der Waals surface area contributed by atoms with Crippen molar-refractivity contribution in [3.63, 3.8) is 0 Å². The number of anilines is 1. The highest BCUT2D eigenvalue weighted by molar-refractivity contribution is 5.73. The van der Waals surface area contributed by atoms with Crippen LogP contribution >= 0.6 is 0 Å². The van der Waals surface area contributed by atoms with E-state index in [1.165, 1.54) is 19.3 Å². The van der Waals surface area contributed by atoms with E-state index in [1.807, 2.05) is 0 Å². The van der Waals surface area contributed by atoms with Gasteiger partial charge < -0.3 is 20.2 Å². The van der Waals surface area contributed by atoms with Crippen LogP contribution in [0.3, 0.4) is 0 Å². The molecule has 0 saturated carbocycles. The second-order valence-electron chi connectivity index (χ2n) is 5.49. The predicted octanol–water partition coefficient (Wildman–Crippen LogP) is 1.17. The van der Waals surface area contributed by atoms with E-state index < -0.39 is 0 Å². The van der Waals surface area contributed by atoms with Crippen LogP contribution in [0.25, 0.3) is 11.0 Å². The van der Waals surface area contributed by atoms with Crippen molar-refractivity contribution in [3.05, 3.63) is 23.4 Å². The standard InChI is InChI=1S/C15H21N5O2/c1-22-12-5-6-14-13(11-12)17-15(18-20(14)21)16-7-10-19-8-3-2-4-9-19/h5-6,11H,2-4,7-10H2,1H3,(H,16,17,18). The lowest BCUT2D eigenvalue weighted by Gasteiger charge is -2.26. The van der Waals surface area contributed by atoms with Gasteiger partial charge in [0.1, 0.15) is 11.3 Å². The fourth-order valence-electron chi connectivity index (χ4n) is 2.74. The third kappa shape index (κ3) is 3.36. The van der Waals surface area contributed by atoms with E-state index in [1.54, 1.807) is 25.3 Å². The number of piperidine rings is 1. The average Bonchev–Trinajstić information content (AvgIpc) is 2.55. The Balaban J connectivity index is 1.67. The van der Waals surface area contributed by atoms with Gasteiger partial charge in [-0.05, 0) is 36.8 Å². The number of hydrogen-bond donors (Lipinski definition) is 1. The molecule has 1 aromatic heterocycles.